The van der Waals surface area contributed by atoms with Gasteiger partial charge in [0.25, 0.3) is 0 Å². The molecule has 0 bridgehead atoms. The van der Waals surface area contributed by atoms with Crippen LogP contribution >= 0.6 is 0 Å². The number of furan rings is 1. The highest BCUT2D eigenvalue weighted by molar-refractivity contribution is 6.01. The SMILES string of the molecule is O=C(/C=C\c1ccco1)Nc1cccc(Oc2ncccn2)c1. The number of amides is 1. The van der Waals surface area contributed by atoms with E-state index in [0.717, 1.165) is 0 Å². The number of benzene rings is 1. The van der Waals surface area contributed by atoms with Crippen molar-refractivity contribution in [1.29, 1.82) is 0 Å². The van der Waals surface area contributed by atoms with Crippen LogP contribution in [0.3, 0.4) is 0 Å². The summed E-state index contributed by atoms with van der Waals surface area (Å²) in [5, 5.41) is 2.74. The smallest absolute Gasteiger partial charge is 0.321 e. The molecule has 2 heterocycles. The number of anilines is 1. The lowest BCUT2D eigenvalue weighted by Gasteiger charge is -2.06. The maximum Gasteiger partial charge on any atom is 0.321 e. The molecule has 3 rings (SSSR count). The van der Waals surface area contributed by atoms with E-state index in [0.29, 0.717) is 17.2 Å². The van der Waals surface area contributed by atoms with Crippen LogP contribution in [-0.2, 0) is 4.79 Å². The molecule has 2 aromatic heterocycles. The van der Waals surface area contributed by atoms with Crippen molar-refractivity contribution in [2.45, 2.75) is 0 Å². The summed E-state index contributed by atoms with van der Waals surface area (Å²) in [6.45, 7) is 0. The molecule has 0 aliphatic rings. The highest BCUT2D eigenvalue weighted by Gasteiger charge is 2.03. The van der Waals surface area contributed by atoms with E-state index >= 15 is 0 Å². The van der Waals surface area contributed by atoms with Crippen molar-refractivity contribution in [1.82, 2.24) is 9.97 Å². The zero-order valence-electron chi connectivity index (χ0n) is 12.0. The molecule has 6 heteroatoms. The van der Waals surface area contributed by atoms with Crippen molar-refractivity contribution in [2.75, 3.05) is 5.32 Å². The maximum atomic E-state index is 11.9. The van der Waals surface area contributed by atoms with Gasteiger partial charge in [-0.2, -0.15) is 0 Å². The van der Waals surface area contributed by atoms with Crippen molar-refractivity contribution < 1.29 is 13.9 Å². The third kappa shape index (κ3) is 4.28. The normalized spacial score (nSPS) is 10.6. The van der Waals surface area contributed by atoms with Gasteiger partial charge in [-0.3, -0.25) is 4.79 Å². The van der Waals surface area contributed by atoms with E-state index in [1.807, 2.05) is 0 Å². The van der Waals surface area contributed by atoms with Crippen molar-refractivity contribution in [3.05, 3.63) is 73.0 Å². The Bertz CT molecular complexity index is 799. The van der Waals surface area contributed by atoms with Crippen molar-refractivity contribution in [3.63, 3.8) is 0 Å². The predicted octanol–water partition coefficient (Wildman–Crippen LogP) is 3.51. The first-order valence-corrected chi connectivity index (χ1v) is 6.87. The molecule has 0 aliphatic carbocycles. The minimum absolute atomic E-state index is 0.244. The summed E-state index contributed by atoms with van der Waals surface area (Å²) in [7, 11) is 0. The van der Waals surface area contributed by atoms with Crippen molar-refractivity contribution >= 4 is 17.7 Å². The zero-order chi connectivity index (χ0) is 15.9. The molecule has 3 aromatic rings. The predicted molar refractivity (Wildman–Crippen MR) is 84.9 cm³/mol. The van der Waals surface area contributed by atoms with Gasteiger partial charge in [0.15, 0.2) is 0 Å². The Morgan fingerprint density at radius 2 is 2.00 bits per heavy atom. The molecule has 23 heavy (non-hydrogen) atoms. The Morgan fingerprint density at radius 1 is 1.13 bits per heavy atom. The minimum Gasteiger partial charge on any atom is -0.465 e. The van der Waals surface area contributed by atoms with Gasteiger partial charge in [-0.05, 0) is 36.4 Å². The van der Waals surface area contributed by atoms with Crippen LogP contribution in [0.4, 0.5) is 5.69 Å². The fourth-order valence-electron chi connectivity index (χ4n) is 1.81. The third-order valence-electron chi connectivity index (χ3n) is 2.79. The number of ether oxygens (including phenoxy) is 1. The monoisotopic (exact) mass is 307 g/mol. The second-order valence-corrected chi connectivity index (χ2v) is 4.50. The first-order chi connectivity index (χ1) is 11.3. The number of carbonyl (C=O) groups is 1. The molecule has 1 aromatic carbocycles. The van der Waals surface area contributed by atoms with Gasteiger partial charge in [-0.25, -0.2) is 9.97 Å². The summed E-state index contributed by atoms with van der Waals surface area (Å²) in [4.78, 5) is 19.8. The van der Waals surface area contributed by atoms with E-state index in [1.165, 1.54) is 6.08 Å². The highest BCUT2D eigenvalue weighted by Crippen LogP contribution is 2.21. The van der Waals surface area contributed by atoms with E-state index < -0.39 is 0 Å². The van der Waals surface area contributed by atoms with E-state index in [4.69, 9.17) is 9.15 Å². The Hall–Kier alpha value is -3.41. The Morgan fingerprint density at radius 3 is 2.78 bits per heavy atom. The van der Waals surface area contributed by atoms with E-state index in [1.54, 1.807) is 67.2 Å². The minimum atomic E-state index is -0.269. The van der Waals surface area contributed by atoms with Gasteiger partial charge >= 0.3 is 6.01 Å². The van der Waals surface area contributed by atoms with Crippen LogP contribution < -0.4 is 10.1 Å². The summed E-state index contributed by atoms with van der Waals surface area (Å²) in [5.41, 5.74) is 0.604. The van der Waals surface area contributed by atoms with Crippen molar-refractivity contribution in [3.8, 4) is 11.8 Å². The molecule has 0 unspecified atom stereocenters. The average Bonchev–Trinajstić information content (AvgIpc) is 3.08. The number of hydrogen-bond donors (Lipinski definition) is 1. The number of rotatable bonds is 5. The van der Waals surface area contributed by atoms with E-state index in [2.05, 4.69) is 15.3 Å². The molecule has 0 atom stereocenters. The van der Waals surface area contributed by atoms with Crippen LogP contribution in [0.2, 0.25) is 0 Å². The van der Waals surface area contributed by atoms with Crippen LogP contribution in [0, 0.1) is 0 Å². The number of nitrogens with zero attached hydrogens (tertiary/aromatic N) is 2. The van der Waals surface area contributed by atoms with Crippen LogP contribution in [0.25, 0.3) is 6.08 Å². The Kier molecular flexibility index (Phi) is 4.44. The Labute approximate surface area is 132 Å². The van der Waals surface area contributed by atoms with Crippen LogP contribution in [0.1, 0.15) is 5.76 Å². The number of nitrogens with one attached hydrogen (secondary N) is 1. The Balaban J connectivity index is 1.64. The summed E-state index contributed by atoms with van der Waals surface area (Å²) >= 11 is 0. The van der Waals surface area contributed by atoms with Gasteiger partial charge in [-0.1, -0.05) is 6.07 Å². The van der Waals surface area contributed by atoms with Gasteiger partial charge in [0, 0.05) is 30.2 Å². The number of hydrogen-bond acceptors (Lipinski definition) is 5. The fraction of sp³-hybridized carbons (Fsp3) is 0. The molecule has 6 nitrogen and oxygen atoms in total. The molecular weight excluding hydrogens is 294 g/mol. The van der Waals surface area contributed by atoms with Crippen molar-refractivity contribution in [2.24, 2.45) is 0 Å². The first-order valence-electron chi connectivity index (χ1n) is 6.87. The average molecular weight is 307 g/mol. The molecule has 0 aliphatic heterocycles. The molecule has 0 spiro atoms. The van der Waals surface area contributed by atoms with Gasteiger partial charge in [-0.15, -0.1) is 0 Å². The zero-order valence-corrected chi connectivity index (χ0v) is 12.0. The third-order valence-corrected chi connectivity index (χ3v) is 2.79. The second-order valence-electron chi connectivity index (χ2n) is 4.50. The van der Waals surface area contributed by atoms with Gasteiger partial charge < -0.3 is 14.5 Å². The van der Waals surface area contributed by atoms with Crippen LogP contribution in [-0.4, -0.2) is 15.9 Å². The molecular formula is C17H13N3O3. The largest absolute Gasteiger partial charge is 0.465 e. The van der Waals surface area contributed by atoms with Gasteiger partial charge in [0.05, 0.1) is 6.26 Å². The van der Waals surface area contributed by atoms with E-state index in [-0.39, 0.29) is 11.9 Å². The molecule has 0 radical (unpaired) electrons. The quantitative estimate of drug-likeness (QED) is 0.730. The highest BCUT2D eigenvalue weighted by atomic mass is 16.5. The van der Waals surface area contributed by atoms with Gasteiger partial charge in [0.2, 0.25) is 5.91 Å². The first kappa shape index (κ1) is 14.5. The summed E-state index contributed by atoms with van der Waals surface area (Å²) < 4.78 is 10.6. The summed E-state index contributed by atoms with van der Waals surface area (Å²) in [6, 6.07) is 12.4. The molecule has 1 amide bonds. The lowest BCUT2D eigenvalue weighted by atomic mass is 10.3. The lowest BCUT2D eigenvalue weighted by molar-refractivity contribution is -0.111. The topological polar surface area (TPSA) is 77.2 Å². The molecule has 0 fully saturated rings. The standard InChI is InChI=1S/C17H13N3O3/c21-16(8-7-14-6-2-11-22-14)20-13-4-1-5-15(12-13)23-17-18-9-3-10-19-17/h1-12H,(H,20,21)/b8-7-. The maximum absolute atomic E-state index is 11.9. The molecule has 0 saturated carbocycles. The fourth-order valence-corrected chi connectivity index (χ4v) is 1.81. The van der Waals surface area contributed by atoms with E-state index in [9.17, 15) is 4.79 Å². The van der Waals surface area contributed by atoms with Gasteiger partial charge in [0.1, 0.15) is 11.5 Å². The van der Waals surface area contributed by atoms with Crippen LogP contribution in [0.5, 0.6) is 11.8 Å². The summed E-state index contributed by atoms with van der Waals surface area (Å²) in [6.07, 6.45) is 7.71. The summed E-state index contributed by atoms with van der Waals surface area (Å²) in [5.74, 6) is 0.872. The second kappa shape index (κ2) is 7.04. The number of carbonyl (C=O) groups excluding carboxylic acids is 1. The molecule has 114 valence electrons. The molecule has 1 N–H and O–H groups in total. The van der Waals surface area contributed by atoms with Crippen LogP contribution in [0.15, 0.2) is 71.6 Å². The molecule has 0 saturated heterocycles. The lowest BCUT2D eigenvalue weighted by Crippen LogP contribution is -2.07. The number of aromatic nitrogens is 2.